The van der Waals surface area contributed by atoms with Crippen molar-refractivity contribution in [2.24, 2.45) is 0 Å². The van der Waals surface area contributed by atoms with Gasteiger partial charge in [-0.25, -0.2) is 4.39 Å². The van der Waals surface area contributed by atoms with Gasteiger partial charge in [0.1, 0.15) is 5.82 Å². The summed E-state index contributed by atoms with van der Waals surface area (Å²) in [6, 6.07) is 5.04. The van der Waals surface area contributed by atoms with Crippen LogP contribution in [0.5, 0.6) is 0 Å². The molecule has 1 saturated heterocycles. The zero-order valence-corrected chi connectivity index (χ0v) is 21.0. The van der Waals surface area contributed by atoms with E-state index in [9.17, 15) is 9.50 Å². The average molecular weight is 475 g/mol. The van der Waals surface area contributed by atoms with Gasteiger partial charge in [-0.2, -0.15) is 0 Å². The van der Waals surface area contributed by atoms with Crippen molar-refractivity contribution >= 4 is 24.2 Å². The van der Waals surface area contributed by atoms with Crippen molar-refractivity contribution in [2.75, 3.05) is 6.61 Å². The number of hydrogen-bond donors (Lipinski definition) is 2. The van der Waals surface area contributed by atoms with Gasteiger partial charge in [0.2, 0.25) is 0 Å². The zero-order valence-electron chi connectivity index (χ0n) is 18.5. The lowest BCUT2D eigenvalue weighted by molar-refractivity contribution is 0.0502. The lowest BCUT2D eigenvalue weighted by Gasteiger charge is -2.46. The Balaban J connectivity index is 2.33. The van der Waals surface area contributed by atoms with E-state index in [0.717, 1.165) is 29.3 Å². The summed E-state index contributed by atoms with van der Waals surface area (Å²) in [7, 11) is -1.93. The van der Waals surface area contributed by atoms with Crippen LogP contribution in [0.1, 0.15) is 65.9 Å². The van der Waals surface area contributed by atoms with Gasteiger partial charge < -0.3 is 14.8 Å². The summed E-state index contributed by atoms with van der Waals surface area (Å²) < 4.78 is 21.8. The van der Waals surface area contributed by atoms with Crippen LogP contribution in [0.15, 0.2) is 22.7 Å². The summed E-state index contributed by atoms with van der Waals surface area (Å²) in [5.74, 6) is -0.233. The molecule has 3 nitrogen and oxygen atoms in total. The van der Waals surface area contributed by atoms with E-state index in [2.05, 4.69) is 69.0 Å². The molecule has 0 aromatic heterocycles. The number of benzene rings is 1. The van der Waals surface area contributed by atoms with Gasteiger partial charge in [-0.3, -0.25) is 0 Å². The van der Waals surface area contributed by atoms with Gasteiger partial charge in [0, 0.05) is 22.7 Å². The van der Waals surface area contributed by atoms with E-state index in [-0.39, 0.29) is 34.6 Å². The third-order valence-electron chi connectivity index (χ3n) is 6.68. The first-order chi connectivity index (χ1) is 12.7. The molecule has 0 saturated carbocycles. The van der Waals surface area contributed by atoms with Crippen molar-refractivity contribution in [1.82, 2.24) is 5.32 Å². The van der Waals surface area contributed by atoms with Crippen LogP contribution in [0.4, 0.5) is 4.39 Å². The fourth-order valence-corrected chi connectivity index (χ4v) is 6.45. The largest absolute Gasteiger partial charge is 0.410 e. The smallest absolute Gasteiger partial charge is 0.192 e. The Labute approximate surface area is 179 Å². The second-order valence-corrected chi connectivity index (χ2v) is 15.8. The number of aliphatic hydroxyl groups is 1. The van der Waals surface area contributed by atoms with Gasteiger partial charge in [-0.1, -0.05) is 36.7 Å². The number of halogens is 2. The van der Waals surface area contributed by atoms with E-state index in [1.807, 2.05) is 0 Å². The van der Waals surface area contributed by atoms with E-state index in [4.69, 9.17) is 4.43 Å². The molecule has 2 rings (SSSR count). The van der Waals surface area contributed by atoms with Crippen LogP contribution < -0.4 is 5.32 Å². The molecule has 160 valence electrons. The predicted octanol–water partition coefficient (Wildman–Crippen LogP) is 6.11. The minimum atomic E-state index is -1.93. The lowest BCUT2D eigenvalue weighted by atomic mass is 9.84. The highest BCUT2D eigenvalue weighted by Crippen LogP contribution is 2.46. The Hall–Kier alpha value is -0.273. The van der Waals surface area contributed by atoms with Crippen LogP contribution in [-0.2, 0) is 9.96 Å². The highest BCUT2D eigenvalue weighted by atomic mass is 79.9. The Morgan fingerprint density at radius 1 is 1.29 bits per heavy atom. The minimum Gasteiger partial charge on any atom is -0.410 e. The number of nitrogens with one attached hydrogen (secondary N) is 1. The van der Waals surface area contributed by atoms with E-state index < -0.39 is 8.32 Å². The van der Waals surface area contributed by atoms with Crippen molar-refractivity contribution in [3.8, 4) is 0 Å². The first-order valence-corrected chi connectivity index (χ1v) is 14.0. The van der Waals surface area contributed by atoms with Gasteiger partial charge in [0.15, 0.2) is 8.32 Å². The third-order valence-corrected chi connectivity index (χ3v) is 12.0. The Bertz CT molecular complexity index is 690. The maximum Gasteiger partial charge on any atom is 0.192 e. The molecule has 0 radical (unpaired) electrons. The van der Waals surface area contributed by atoms with Crippen LogP contribution in [-0.4, -0.2) is 31.7 Å². The van der Waals surface area contributed by atoms with E-state index in [0.29, 0.717) is 6.42 Å². The predicted molar refractivity (Wildman–Crippen MR) is 121 cm³/mol. The first kappa shape index (κ1) is 24.0. The molecule has 6 heteroatoms. The van der Waals surface area contributed by atoms with Crippen LogP contribution in [0, 0.1) is 5.82 Å². The maximum atomic E-state index is 14.1. The third kappa shape index (κ3) is 5.07. The Kier molecular flexibility index (Phi) is 7.25. The van der Waals surface area contributed by atoms with Crippen molar-refractivity contribution in [3.05, 3.63) is 34.1 Å². The highest BCUT2D eigenvalue weighted by molar-refractivity contribution is 9.10. The van der Waals surface area contributed by atoms with Crippen LogP contribution in [0.3, 0.4) is 0 Å². The fourth-order valence-electron chi connectivity index (χ4n) is 4.06. The van der Waals surface area contributed by atoms with Crippen LogP contribution in [0.25, 0.3) is 0 Å². The monoisotopic (exact) mass is 473 g/mol. The number of rotatable bonds is 7. The SMILES string of the molecule is CC(C)(O[Si](C)(C)C(C)(C)C)[C@H]1CC[C@@](CCCO)(c2cc(F)ccc2Br)N1. The topological polar surface area (TPSA) is 41.5 Å². The van der Waals surface area contributed by atoms with Crippen molar-refractivity contribution in [3.63, 3.8) is 0 Å². The van der Waals surface area contributed by atoms with Gasteiger partial charge in [-0.15, -0.1) is 0 Å². The molecular formula is C22H37BrFNO2Si. The second-order valence-electron chi connectivity index (χ2n) is 10.2. The molecule has 0 unspecified atom stereocenters. The summed E-state index contributed by atoms with van der Waals surface area (Å²) >= 11 is 3.62. The molecule has 0 aliphatic carbocycles. The van der Waals surface area contributed by atoms with Gasteiger partial charge in [0.25, 0.3) is 0 Å². The molecule has 1 fully saturated rings. The first-order valence-electron chi connectivity index (χ1n) is 10.3. The molecule has 0 spiro atoms. The van der Waals surface area contributed by atoms with Gasteiger partial charge in [-0.05, 0) is 81.4 Å². The zero-order chi connectivity index (χ0) is 21.4. The van der Waals surface area contributed by atoms with Gasteiger partial charge in [0.05, 0.1) is 5.60 Å². The van der Waals surface area contributed by atoms with E-state index in [1.54, 1.807) is 12.1 Å². The van der Waals surface area contributed by atoms with Crippen molar-refractivity contribution in [1.29, 1.82) is 0 Å². The second kappa shape index (κ2) is 8.46. The maximum absolute atomic E-state index is 14.1. The fraction of sp³-hybridized carbons (Fsp3) is 0.727. The molecule has 1 aliphatic rings. The van der Waals surface area contributed by atoms with Crippen molar-refractivity contribution in [2.45, 2.75) is 95.6 Å². The highest BCUT2D eigenvalue weighted by Gasteiger charge is 2.49. The molecule has 0 bridgehead atoms. The molecule has 2 atom stereocenters. The Morgan fingerprint density at radius 2 is 1.93 bits per heavy atom. The molecule has 1 aromatic rings. The molecular weight excluding hydrogens is 437 g/mol. The summed E-state index contributed by atoms with van der Waals surface area (Å²) in [6.45, 7) is 15.8. The van der Waals surface area contributed by atoms with Gasteiger partial charge >= 0.3 is 0 Å². The number of hydrogen-bond acceptors (Lipinski definition) is 3. The standard InChI is InChI=1S/C22H37BrFNO2Si/c1-20(2,3)28(6,7)27-21(4,5)19-11-13-22(25-19,12-8-14-26)17-15-16(24)9-10-18(17)23/h9-10,15,19,25-26H,8,11-14H2,1-7H3/t19-,22+/m1/s1. The molecule has 0 amide bonds. The normalized spacial score (nSPS) is 24.0. The van der Waals surface area contributed by atoms with E-state index >= 15 is 0 Å². The van der Waals surface area contributed by atoms with E-state index in [1.165, 1.54) is 6.07 Å². The quantitative estimate of drug-likeness (QED) is 0.469. The summed E-state index contributed by atoms with van der Waals surface area (Å²) in [5.41, 5.74) is 0.248. The minimum absolute atomic E-state index is 0.130. The Morgan fingerprint density at radius 3 is 2.50 bits per heavy atom. The molecule has 2 N–H and O–H groups in total. The van der Waals surface area contributed by atoms with Crippen LogP contribution in [0.2, 0.25) is 18.1 Å². The molecule has 1 aromatic carbocycles. The average Bonchev–Trinajstić information content (AvgIpc) is 3.00. The lowest BCUT2D eigenvalue weighted by Crippen LogP contribution is -2.56. The molecule has 1 heterocycles. The summed E-state index contributed by atoms with van der Waals surface area (Å²) in [4.78, 5) is 0. The summed E-state index contributed by atoms with van der Waals surface area (Å²) in [5, 5.41) is 13.4. The van der Waals surface area contributed by atoms with Crippen LogP contribution >= 0.6 is 15.9 Å². The molecule has 28 heavy (non-hydrogen) atoms. The number of aliphatic hydroxyl groups excluding tert-OH is 1. The van der Waals surface area contributed by atoms with Crippen molar-refractivity contribution < 1.29 is 13.9 Å². The molecule has 1 aliphatic heterocycles. The summed E-state index contributed by atoms with van der Waals surface area (Å²) in [6.07, 6.45) is 3.28.